The average molecular weight is 713 g/mol. The molecule has 0 aliphatic rings. The molecular formula is C42H52N2O8. The molecule has 0 aromatic heterocycles. The van der Waals surface area contributed by atoms with Crippen LogP contribution in [0.3, 0.4) is 0 Å². The zero-order valence-electron chi connectivity index (χ0n) is 31.0. The van der Waals surface area contributed by atoms with Gasteiger partial charge in [-0.25, -0.2) is 9.59 Å². The number of nitrogens with zero attached hydrogens (tertiary/aromatic N) is 1. The lowest BCUT2D eigenvalue weighted by Gasteiger charge is -2.31. The lowest BCUT2D eigenvalue weighted by molar-refractivity contribution is -0.0232. The number of carbonyl (C=O) groups is 2. The SMILES string of the molecule is CC(C)(C)Oc1ccc(CC(NC(=O)OCc2ccccc2)C(O)C(O)CN(Cc2ccc(OC(C)(C)C)cc2)C(=O)OCc2ccccc2)cc1. The highest BCUT2D eigenvalue weighted by Gasteiger charge is 2.32. The third kappa shape index (κ3) is 13.9. The van der Waals surface area contributed by atoms with Crippen molar-refractivity contribution < 1.29 is 38.7 Å². The first-order chi connectivity index (χ1) is 24.6. The standard InChI is InChI=1S/C42H52N2O8/c1-41(2,3)51-34-21-17-30(18-22-34)25-36(43-39(47)49-28-32-13-9-7-10-14-32)38(46)37(45)27-44(40(48)50-29-33-15-11-8-12-16-33)26-31-19-23-35(24-20-31)52-42(4,5)6/h7-24,36-38,45-46H,25-29H2,1-6H3,(H,43,47). The van der Waals surface area contributed by atoms with Gasteiger partial charge >= 0.3 is 12.2 Å². The van der Waals surface area contributed by atoms with Gasteiger partial charge in [0.2, 0.25) is 0 Å². The second-order valence-electron chi connectivity index (χ2n) is 14.7. The van der Waals surface area contributed by atoms with Crippen LogP contribution >= 0.6 is 0 Å². The predicted octanol–water partition coefficient (Wildman–Crippen LogP) is 7.44. The third-order valence-electron chi connectivity index (χ3n) is 7.72. The minimum Gasteiger partial charge on any atom is -0.488 e. The Hall–Kier alpha value is -5.06. The quantitative estimate of drug-likeness (QED) is 0.116. The molecule has 3 unspecified atom stereocenters. The molecule has 10 nitrogen and oxygen atoms in total. The van der Waals surface area contributed by atoms with E-state index in [1.165, 1.54) is 4.90 Å². The molecule has 0 bridgehead atoms. The third-order valence-corrected chi connectivity index (χ3v) is 7.72. The van der Waals surface area contributed by atoms with E-state index in [9.17, 15) is 19.8 Å². The number of aliphatic hydroxyl groups excluding tert-OH is 2. The van der Waals surface area contributed by atoms with Crippen molar-refractivity contribution in [2.75, 3.05) is 6.54 Å². The summed E-state index contributed by atoms with van der Waals surface area (Å²) in [5.41, 5.74) is 2.37. The fourth-order valence-corrected chi connectivity index (χ4v) is 5.33. The predicted molar refractivity (Wildman–Crippen MR) is 200 cm³/mol. The van der Waals surface area contributed by atoms with Crippen molar-refractivity contribution in [3.8, 4) is 11.5 Å². The number of benzene rings is 4. The van der Waals surface area contributed by atoms with Crippen molar-refractivity contribution >= 4 is 12.2 Å². The molecule has 0 saturated heterocycles. The summed E-state index contributed by atoms with van der Waals surface area (Å²) in [6, 6.07) is 32.1. The molecular weight excluding hydrogens is 660 g/mol. The Bertz CT molecular complexity index is 1670. The molecule has 4 aromatic carbocycles. The molecule has 2 amide bonds. The maximum absolute atomic E-state index is 13.5. The molecule has 4 rings (SSSR count). The number of amides is 2. The number of nitrogens with one attached hydrogen (secondary N) is 1. The molecule has 0 saturated carbocycles. The van der Waals surface area contributed by atoms with E-state index < -0.39 is 30.4 Å². The van der Waals surface area contributed by atoms with Crippen LogP contribution < -0.4 is 14.8 Å². The van der Waals surface area contributed by atoms with Gasteiger partial charge in [0.1, 0.15) is 42.0 Å². The fourth-order valence-electron chi connectivity index (χ4n) is 5.33. The Labute approximate surface area is 307 Å². The van der Waals surface area contributed by atoms with Crippen molar-refractivity contribution in [1.82, 2.24) is 10.2 Å². The van der Waals surface area contributed by atoms with Crippen LogP contribution in [0.25, 0.3) is 0 Å². The summed E-state index contributed by atoms with van der Waals surface area (Å²) >= 11 is 0. The lowest BCUT2D eigenvalue weighted by atomic mass is 9.97. The number of hydrogen-bond acceptors (Lipinski definition) is 8. The van der Waals surface area contributed by atoms with E-state index in [1.807, 2.05) is 151 Å². The monoisotopic (exact) mass is 712 g/mol. The first kappa shape index (κ1) is 39.7. The van der Waals surface area contributed by atoms with E-state index in [0.29, 0.717) is 11.5 Å². The number of alkyl carbamates (subject to hydrolysis) is 1. The number of hydrogen-bond donors (Lipinski definition) is 3. The summed E-state index contributed by atoms with van der Waals surface area (Å²) in [4.78, 5) is 27.9. The molecule has 10 heteroatoms. The Morgan fingerprint density at radius 1 is 0.635 bits per heavy atom. The van der Waals surface area contributed by atoms with Gasteiger partial charge < -0.3 is 39.4 Å². The first-order valence-electron chi connectivity index (χ1n) is 17.5. The van der Waals surface area contributed by atoms with Crippen LogP contribution in [0.5, 0.6) is 11.5 Å². The Morgan fingerprint density at radius 2 is 1.10 bits per heavy atom. The van der Waals surface area contributed by atoms with Gasteiger partial charge in [-0.05, 0) is 94.5 Å². The van der Waals surface area contributed by atoms with Crippen molar-refractivity contribution in [3.63, 3.8) is 0 Å². The lowest BCUT2D eigenvalue weighted by Crippen LogP contribution is -2.53. The van der Waals surface area contributed by atoms with Crippen LogP contribution in [0.4, 0.5) is 9.59 Å². The minimum atomic E-state index is -1.50. The van der Waals surface area contributed by atoms with Crippen LogP contribution in [0, 0.1) is 0 Å². The molecule has 0 radical (unpaired) electrons. The van der Waals surface area contributed by atoms with Crippen LogP contribution in [-0.2, 0) is 35.7 Å². The molecule has 0 aliphatic carbocycles. The van der Waals surface area contributed by atoms with Crippen LogP contribution in [0.2, 0.25) is 0 Å². The number of aliphatic hydroxyl groups is 2. The minimum absolute atomic E-state index is 0.0253. The Balaban J connectivity index is 1.52. The molecule has 4 aromatic rings. The van der Waals surface area contributed by atoms with Crippen molar-refractivity contribution in [2.24, 2.45) is 0 Å². The molecule has 52 heavy (non-hydrogen) atoms. The van der Waals surface area contributed by atoms with Crippen LogP contribution in [0.15, 0.2) is 109 Å². The van der Waals surface area contributed by atoms with Gasteiger partial charge in [-0.3, -0.25) is 0 Å². The van der Waals surface area contributed by atoms with E-state index in [-0.39, 0.29) is 43.9 Å². The highest BCUT2D eigenvalue weighted by molar-refractivity contribution is 5.68. The second-order valence-corrected chi connectivity index (χ2v) is 14.7. The zero-order valence-corrected chi connectivity index (χ0v) is 31.0. The highest BCUT2D eigenvalue weighted by atomic mass is 16.6. The summed E-state index contributed by atoms with van der Waals surface area (Å²) in [7, 11) is 0. The molecule has 0 spiro atoms. The maximum atomic E-state index is 13.5. The zero-order chi connectivity index (χ0) is 37.7. The topological polar surface area (TPSA) is 127 Å². The molecule has 3 N–H and O–H groups in total. The highest BCUT2D eigenvalue weighted by Crippen LogP contribution is 2.22. The summed E-state index contributed by atoms with van der Waals surface area (Å²) in [6.45, 7) is 11.6. The molecule has 0 aliphatic heterocycles. The molecule has 3 atom stereocenters. The average Bonchev–Trinajstić information content (AvgIpc) is 3.10. The number of carbonyl (C=O) groups excluding carboxylic acids is 2. The Morgan fingerprint density at radius 3 is 1.58 bits per heavy atom. The summed E-state index contributed by atoms with van der Waals surface area (Å²) in [6.07, 6.45) is -4.25. The van der Waals surface area contributed by atoms with Gasteiger partial charge in [0.25, 0.3) is 0 Å². The molecule has 278 valence electrons. The van der Waals surface area contributed by atoms with Crippen molar-refractivity contribution in [2.45, 2.75) is 97.2 Å². The second kappa shape index (κ2) is 18.4. The van der Waals surface area contributed by atoms with E-state index in [2.05, 4.69) is 5.32 Å². The number of rotatable bonds is 15. The smallest absolute Gasteiger partial charge is 0.410 e. The summed E-state index contributed by atoms with van der Waals surface area (Å²) < 4.78 is 23.0. The van der Waals surface area contributed by atoms with Gasteiger partial charge in [-0.2, -0.15) is 0 Å². The van der Waals surface area contributed by atoms with E-state index >= 15 is 0 Å². The Kier molecular flexibility index (Phi) is 14.1. The number of ether oxygens (including phenoxy) is 4. The van der Waals surface area contributed by atoms with Gasteiger partial charge in [-0.15, -0.1) is 0 Å². The van der Waals surface area contributed by atoms with Crippen molar-refractivity contribution in [3.05, 3.63) is 131 Å². The first-order valence-corrected chi connectivity index (χ1v) is 17.5. The van der Waals surface area contributed by atoms with Crippen molar-refractivity contribution in [1.29, 1.82) is 0 Å². The van der Waals surface area contributed by atoms with Crippen LogP contribution in [0.1, 0.15) is 63.8 Å². The van der Waals surface area contributed by atoms with Gasteiger partial charge in [0.05, 0.1) is 18.7 Å². The van der Waals surface area contributed by atoms with E-state index in [0.717, 1.165) is 22.3 Å². The summed E-state index contributed by atoms with van der Waals surface area (Å²) in [5.74, 6) is 1.35. The normalized spacial score (nSPS) is 13.3. The molecule has 0 fully saturated rings. The van der Waals surface area contributed by atoms with Gasteiger partial charge in [0, 0.05) is 6.54 Å². The van der Waals surface area contributed by atoms with Gasteiger partial charge in [-0.1, -0.05) is 84.9 Å². The molecule has 0 heterocycles. The maximum Gasteiger partial charge on any atom is 0.410 e. The largest absolute Gasteiger partial charge is 0.488 e. The summed E-state index contributed by atoms with van der Waals surface area (Å²) in [5, 5.41) is 25.8. The van der Waals surface area contributed by atoms with Gasteiger partial charge in [0.15, 0.2) is 0 Å². The van der Waals surface area contributed by atoms with Crippen LogP contribution in [-0.4, -0.2) is 63.3 Å². The van der Waals surface area contributed by atoms with E-state index in [1.54, 1.807) is 0 Å². The fraction of sp³-hybridized carbons (Fsp3) is 0.381. The van der Waals surface area contributed by atoms with E-state index in [4.69, 9.17) is 18.9 Å².